The number of piperazine rings is 1. The van der Waals surface area contributed by atoms with Gasteiger partial charge >= 0.3 is 12.2 Å². The van der Waals surface area contributed by atoms with Crippen LogP contribution in [0.2, 0.25) is 0 Å². The summed E-state index contributed by atoms with van der Waals surface area (Å²) in [6, 6.07) is -0.290. The first-order valence-electron chi connectivity index (χ1n) is 8.67. The number of amides is 3. The number of rotatable bonds is 7. The van der Waals surface area contributed by atoms with Crippen molar-refractivity contribution in [3.8, 4) is 0 Å². The molecule has 0 aromatic rings. The third kappa shape index (κ3) is 10.4. The second kappa shape index (κ2) is 9.96. The molecule has 0 bridgehead atoms. The van der Waals surface area contributed by atoms with E-state index in [0.29, 0.717) is 39.1 Å². The summed E-state index contributed by atoms with van der Waals surface area (Å²) in [6.07, 6.45) is -3.78. The van der Waals surface area contributed by atoms with Gasteiger partial charge in [0.2, 0.25) is 5.91 Å². The summed E-state index contributed by atoms with van der Waals surface area (Å²) < 4.78 is 40.4. The Kier molecular flexibility index (Phi) is 8.61. The highest BCUT2D eigenvalue weighted by Crippen LogP contribution is 2.14. The lowest BCUT2D eigenvalue weighted by molar-refractivity contribution is -0.174. The molecular formula is C16H29F3N4O3. The minimum absolute atomic E-state index is 0.0586. The Bertz CT molecular complexity index is 459. The smallest absolute Gasteiger partial charge is 0.372 e. The number of nitrogens with one attached hydrogen (secondary N) is 2. The van der Waals surface area contributed by atoms with Gasteiger partial charge in [-0.15, -0.1) is 0 Å². The molecule has 0 aromatic heterocycles. The molecule has 26 heavy (non-hydrogen) atoms. The lowest BCUT2D eigenvalue weighted by atomic mass is 10.1. The Hall–Kier alpha value is -1.55. The van der Waals surface area contributed by atoms with E-state index in [2.05, 4.69) is 20.3 Å². The zero-order valence-electron chi connectivity index (χ0n) is 15.6. The average molecular weight is 382 g/mol. The maximum atomic E-state index is 12.1. The Morgan fingerprint density at radius 1 is 1.08 bits per heavy atom. The van der Waals surface area contributed by atoms with E-state index in [0.717, 1.165) is 0 Å². The molecule has 1 rings (SSSR count). The van der Waals surface area contributed by atoms with E-state index in [1.54, 1.807) is 4.90 Å². The lowest BCUT2D eigenvalue weighted by Gasteiger charge is -2.34. The zero-order chi connectivity index (χ0) is 19.8. The zero-order valence-corrected chi connectivity index (χ0v) is 15.6. The molecule has 3 amide bonds. The summed E-state index contributed by atoms with van der Waals surface area (Å²) in [7, 11) is 0. The molecule has 0 radical (unpaired) electrons. The molecule has 0 aliphatic carbocycles. The van der Waals surface area contributed by atoms with Crippen LogP contribution in [0, 0.1) is 0 Å². The molecule has 0 saturated carbocycles. The predicted octanol–water partition coefficient (Wildman–Crippen LogP) is 1.20. The summed E-state index contributed by atoms with van der Waals surface area (Å²) >= 11 is 0. The number of hydrogen-bond acceptors (Lipinski definition) is 4. The molecule has 0 atom stereocenters. The summed E-state index contributed by atoms with van der Waals surface area (Å²) in [4.78, 5) is 27.5. The van der Waals surface area contributed by atoms with Crippen molar-refractivity contribution in [2.75, 3.05) is 52.5 Å². The van der Waals surface area contributed by atoms with Crippen LogP contribution in [0.4, 0.5) is 18.0 Å². The summed E-state index contributed by atoms with van der Waals surface area (Å²) in [5.41, 5.74) is -0.350. The molecular weight excluding hydrogens is 353 g/mol. The Morgan fingerprint density at radius 3 is 2.23 bits per heavy atom. The molecule has 10 heteroatoms. The van der Waals surface area contributed by atoms with Gasteiger partial charge in [0, 0.05) is 44.9 Å². The van der Waals surface area contributed by atoms with Crippen molar-refractivity contribution in [2.24, 2.45) is 0 Å². The van der Waals surface area contributed by atoms with Crippen LogP contribution in [0.5, 0.6) is 0 Å². The fourth-order valence-corrected chi connectivity index (χ4v) is 2.48. The standard InChI is InChI=1S/C16H29F3N4O3/c1-15(2,3)21-13(24)11-20-14(25)23-8-6-22(7-9-23)5-4-10-26-12-16(17,18)19/h4-12H2,1-3H3,(H,20,25)(H,21,24). The molecule has 1 heterocycles. The van der Waals surface area contributed by atoms with Crippen molar-refractivity contribution in [1.82, 2.24) is 20.4 Å². The van der Waals surface area contributed by atoms with Gasteiger partial charge in [0.1, 0.15) is 6.61 Å². The molecule has 152 valence electrons. The van der Waals surface area contributed by atoms with E-state index in [-0.39, 0.29) is 30.6 Å². The van der Waals surface area contributed by atoms with Crippen molar-refractivity contribution < 1.29 is 27.5 Å². The largest absolute Gasteiger partial charge is 0.411 e. The third-order valence-corrected chi connectivity index (χ3v) is 3.60. The highest BCUT2D eigenvalue weighted by Gasteiger charge is 2.27. The second-order valence-electron chi connectivity index (χ2n) is 7.31. The predicted molar refractivity (Wildman–Crippen MR) is 90.8 cm³/mol. The van der Waals surface area contributed by atoms with E-state index in [1.165, 1.54) is 0 Å². The highest BCUT2D eigenvalue weighted by atomic mass is 19.4. The van der Waals surface area contributed by atoms with E-state index in [9.17, 15) is 22.8 Å². The summed E-state index contributed by atoms with van der Waals surface area (Å²) in [5, 5.41) is 5.36. The van der Waals surface area contributed by atoms with Crippen molar-refractivity contribution in [3.05, 3.63) is 0 Å². The van der Waals surface area contributed by atoms with Gasteiger partial charge in [-0.2, -0.15) is 13.2 Å². The summed E-state index contributed by atoms with van der Waals surface area (Å²) in [6.45, 7) is 7.27. The van der Waals surface area contributed by atoms with Crippen LogP contribution in [0.15, 0.2) is 0 Å². The number of urea groups is 1. The van der Waals surface area contributed by atoms with Gasteiger partial charge in [-0.05, 0) is 27.2 Å². The maximum Gasteiger partial charge on any atom is 0.411 e. The molecule has 0 aromatic carbocycles. The first-order valence-corrected chi connectivity index (χ1v) is 8.67. The number of nitrogens with zero attached hydrogens (tertiary/aromatic N) is 2. The van der Waals surface area contributed by atoms with Gasteiger partial charge in [-0.1, -0.05) is 0 Å². The number of carbonyl (C=O) groups excluding carboxylic acids is 2. The average Bonchev–Trinajstić information content (AvgIpc) is 2.50. The summed E-state index contributed by atoms with van der Waals surface area (Å²) in [5.74, 6) is -0.247. The Labute approximate surface area is 152 Å². The monoisotopic (exact) mass is 382 g/mol. The SMILES string of the molecule is CC(C)(C)NC(=O)CNC(=O)N1CCN(CCCOCC(F)(F)F)CC1. The molecule has 1 aliphatic heterocycles. The third-order valence-electron chi connectivity index (χ3n) is 3.60. The van der Waals surface area contributed by atoms with Gasteiger partial charge in [0.05, 0.1) is 6.54 Å². The lowest BCUT2D eigenvalue weighted by Crippen LogP contribution is -2.53. The normalized spacial score (nSPS) is 16.5. The number of hydrogen-bond donors (Lipinski definition) is 2. The van der Waals surface area contributed by atoms with E-state index in [1.807, 2.05) is 20.8 Å². The van der Waals surface area contributed by atoms with Gasteiger partial charge in [0.25, 0.3) is 0 Å². The van der Waals surface area contributed by atoms with Crippen LogP contribution in [-0.4, -0.2) is 85.9 Å². The van der Waals surface area contributed by atoms with E-state index < -0.39 is 12.8 Å². The minimum Gasteiger partial charge on any atom is -0.372 e. The fourth-order valence-electron chi connectivity index (χ4n) is 2.48. The first-order chi connectivity index (χ1) is 12.0. The maximum absolute atomic E-state index is 12.1. The van der Waals surface area contributed by atoms with Crippen molar-refractivity contribution in [3.63, 3.8) is 0 Å². The molecule has 7 nitrogen and oxygen atoms in total. The molecule has 0 spiro atoms. The molecule has 1 saturated heterocycles. The molecule has 1 aliphatic rings. The highest BCUT2D eigenvalue weighted by molar-refractivity contribution is 5.84. The van der Waals surface area contributed by atoms with Crippen LogP contribution >= 0.6 is 0 Å². The Morgan fingerprint density at radius 2 is 1.69 bits per heavy atom. The fraction of sp³-hybridized carbons (Fsp3) is 0.875. The van der Waals surface area contributed by atoms with Crippen LogP contribution in [0.25, 0.3) is 0 Å². The molecule has 2 N–H and O–H groups in total. The van der Waals surface area contributed by atoms with Crippen LogP contribution < -0.4 is 10.6 Å². The van der Waals surface area contributed by atoms with Crippen molar-refractivity contribution in [2.45, 2.75) is 38.9 Å². The van der Waals surface area contributed by atoms with Crippen LogP contribution in [-0.2, 0) is 9.53 Å². The van der Waals surface area contributed by atoms with Crippen molar-refractivity contribution in [1.29, 1.82) is 0 Å². The van der Waals surface area contributed by atoms with Gasteiger partial charge in [-0.25, -0.2) is 4.79 Å². The second-order valence-corrected chi connectivity index (χ2v) is 7.31. The Balaban J connectivity index is 2.15. The van der Waals surface area contributed by atoms with Gasteiger partial charge < -0.3 is 20.3 Å². The van der Waals surface area contributed by atoms with Crippen molar-refractivity contribution >= 4 is 11.9 Å². The molecule has 1 fully saturated rings. The van der Waals surface area contributed by atoms with Gasteiger partial charge in [-0.3, -0.25) is 9.69 Å². The van der Waals surface area contributed by atoms with Crippen LogP contribution in [0.3, 0.4) is 0 Å². The van der Waals surface area contributed by atoms with E-state index >= 15 is 0 Å². The number of alkyl halides is 3. The van der Waals surface area contributed by atoms with E-state index in [4.69, 9.17) is 0 Å². The van der Waals surface area contributed by atoms with Gasteiger partial charge in [0.15, 0.2) is 0 Å². The number of ether oxygens (including phenoxy) is 1. The topological polar surface area (TPSA) is 73.9 Å². The molecule has 0 unspecified atom stereocenters. The number of carbonyl (C=O) groups is 2. The van der Waals surface area contributed by atoms with Crippen LogP contribution in [0.1, 0.15) is 27.2 Å². The first kappa shape index (κ1) is 22.5. The minimum atomic E-state index is -4.29. The quantitative estimate of drug-likeness (QED) is 0.649. The number of halogens is 3.